The van der Waals surface area contributed by atoms with Crippen molar-refractivity contribution in [1.82, 2.24) is 0 Å². The summed E-state index contributed by atoms with van der Waals surface area (Å²) in [6, 6.07) is 11.9. The van der Waals surface area contributed by atoms with Gasteiger partial charge in [0.15, 0.2) is 0 Å². The highest BCUT2D eigenvalue weighted by Crippen LogP contribution is 2.23. The molecule has 0 spiro atoms. The Kier molecular flexibility index (Phi) is 4.60. The molecule has 0 saturated carbocycles. The molecular formula is C16H14ClNO3. The Hall–Kier alpha value is -2.33. The summed E-state index contributed by atoms with van der Waals surface area (Å²) in [6.07, 6.45) is 0.235. The number of carboxylic acids is 1. The van der Waals surface area contributed by atoms with Gasteiger partial charge in [-0.25, -0.2) is 4.79 Å². The number of carboxylic acid groups (broad SMARTS) is 1. The predicted octanol–water partition coefficient (Wildman–Crippen LogP) is 3.53. The smallest absolute Gasteiger partial charge is 0.335 e. The molecule has 108 valence electrons. The van der Waals surface area contributed by atoms with Gasteiger partial charge in [-0.1, -0.05) is 41.4 Å². The Morgan fingerprint density at radius 3 is 2.57 bits per heavy atom. The maximum atomic E-state index is 12.0. The van der Waals surface area contributed by atoms with Crippen molar-refractivity contribution in [2.75, 3.05) is 5.32 Å². The summed E-state index contributed by atoms with van der Waals surface area (Å²) in [5.41, 5.74) is 2.48. The molecule has 4 nitrogen and oxygen atoms in total. The van der Waals surface area contributed by atoms with Crippen LogP contribution in [0.5, 0.6) is 0 Å². The molecule has 0 atom stereocenters. The molecule has 21 heavy (non-hydrogen) atoms. The number of nitrogens with one attached hydrogen (secondary N) is 1. The third-order valence-corrected chi connectivity index (χ3v) is 3.25. The standard InChI is InChI=1S/C16H14ClNO3/c1-10-3-2-4-11(7-10)8-15(19)18-14-6-5-12(16(20)21)9-13(14)17/h2-7,9H,8H2,1H3,(H,18,19)(H,20,21). The van der Waals surface area contributed by atoms with E-state index >= 15 is 0 Å². The second kappa shape index (κ2) is 6.41. The molecule has 2 aromatic carbocycles. The molecule has 0 aliphatic rings. The van der Waals surface area contributed by atoms with Crippen LogP contribution in [0.25, 0.3) is 0 Å². The molecule has 2 N–H and O–H groups in total. The molecule has 0 radical (unpaired) electrons. The molecule has 0 fully saturated rings. The Morgan fingerprint density at radius 2 is 1.95 bits per heavy atom. The first-order chi connectivity index (χ1) is 9.95. The Balaban J connectivity index is 2.08. The summed E-state index contributed by atoms with van der Waals surface area (Å²) in [5.74, 6) is -1.26. The van der Waals surface area contributed by atoms with Crippen LogP contribution in [0.15, 0.2) is 42.5 Å². The van der Waals surface area contributed by atoms with Gasteiger partial charge in [0, 0.05) is 0 Å². The van der Waals surface area contributed by atoms with E-state index in [9.17, 15) is 9.59 Å². The fraction of sp³-hybridized carbons (Fsp3) is 0.125. The molecule has 0 aliphatic heterocycles. The molecule has 0 heterocycles. The fourth-order valence-electron chi connectivity index (χ4n) is 1.95. The highest BCUT2D eigenvalue weighted by Gasteiger charge is 2.10. The zero-order valence-electron chi connectivity index (χ0n) is 11.4. The monoisotopic (exact) mass is 303 g/mol. The Labute approximate surface area is 127 Å². The minimum atomic E-state index is -1.06. The lowest BCUT2D eigenvalue weighted by Gasteiger charge is -2.08. The predicted molar refractivity (Wildman–Crippen MR) is 81.9 cm³/mol. The van der Waals surface area contributed by atoms with Gasteiger partial charge in [-0.3, -0.25) is 4.79 Å². The Bertz CT molecular complexity index is 698. The van der Waals surface area contributed by atoms with Gasteiger partial charge in [0.1, 0.15) is 0 Å². The molecule has 2 aromatic rings. The number of anilines is 1. The molecular weight excluding hydrogens is 290 g/mol. The van der Waals surface area contributed by atoms with E-state index in [1.54, 1.807) is 0 Å². The van der Waals surface area contributed by atoms with Crippen LogP contribution in [0.3, 0.4) is 0 Å². The van der Waals surface area contributed by atoms with Gasteiger partial charge >= 0.3 is 5.97 Å². The lowest BCUT2D eigenvalue weighted by atomic mass is 10.1. The lowest BCUT2D eigenvalue weighted by molar-refractivity contribution is -0.115. The van der Waals surface area contributed by atoms with Crippen molar-refractivity contribution in [3.63, 3.8) is 0 Å². The van der Waals surface area contributed by atoms with E-state index in [1.807, 2.05) is 31.2 Å². The molecule has 0 aliphatic carbocycles. The van der Waals surface area contributed by atoms with Crippen LogP contribution in [-0.4, -0.2) is 17.0 Å². The minimum Gasteiger partial charge on any atom is -0.478 e. The molecule has 2 rings (SSSR count). The summed E-state index contributed by atoms with van der Waals surface area (Å²) in [5, 5.41) is 11.7. The third-order valence-electron chi connectivity index (χ3n) is 2.94. The van der Waals surface area contributed by atoms with Gasteiger partial charge < -0.3 is 10.4 Å². The second-order valence-electron chi connectivity index (χ2n) is 4.71. The van der Waals surface area contributed by atoms with Crippen LogP contribution >= 0.6 is 11.6 Å². The van der Waals surface area contributed by atoms with E-state index in [2.05, 4.69) is 5.32 Å². The zero-order valence-corrected chi connectivity index (χ0v) is 12.1. The maximum absolute atomic E-state index is 12.0. The first-order valence-corrected chi connectivity index (χ1v) is 6.72. The number of benzene rings is 2. The number of aryl methyl sites for hydroxylation is 1. The number of carbonyl (C=O) groups is 2. The van der Waals surface area contributed by atoms with Crippen molar-refractivity contribution in [1.29, 1.82) is 0 Å². The van der Waals surface area contributed by atoms with Crippen LogP contribution in [0.2, 0.25) is 5.02 Å². The number of rotatable bonds is 4. The SMILES string of the molecule is Cc1cccc(CC(=O)Nc2ccc(C(=O)O)cc2Cl)c1. The van der Waals surface area contributed by atoms with Crippen molar-refractivity contribution in [2.24, 2.45) is 0 Å². The highest BCUT2D eigenvalue weighted by atomic mass is 35.5. The first-order valence-electron chi connectivity index (χ1n) is 6.34. The van der Waals surface area contributed by atoms with Gasteiger partial charge in [0.25, 0.3) is 0 Å². The number of hydrogen-bond donors (Lipinski definition) is 2. The minimum absolute atomic E-state index is 0.0803. The maximum Gasteiger partial charge on any atom is 0.335 e. The van der Waals surface area contributed by atoms with Gasteiger partial charge in [-0.15, -0.1) is 0 Å². The van der Waals surface area contributed by atoms with Crippen LogP contribution in [0, 0.1) is 6.92 Å². The quantitative estimate of drug-likeness (QED) is 0.908. The average molecular weight is 304 g/mol. The first kappa shape index (κ1) is 15.1. The number of aromatic carboxylic acids is 1. The van der Waals surface area contributed by atoms with Crippen molar-refractivity contribution in [2.45, 2.75) is 13.3 Å². The van der Waals surface area contributed by atoms with E-state index in [-0.39, 0.29) is 22.9 Å². The number of hydrogen-bond acceptors (Lipinski definition) is 2. The summed E-state index contributed by atoms with van der Waals surface area (Å²) >= 11 is 5.97. The van der Waals surface area contributed by atoms with E-state index in [4.69, 9.17) is 16.7 Å². The molecule has 0 saturated heterocycles. The number of amides is 1. The summed E-state index contributed by atoms with van der Waals surface area (Å²) in [4.78, 5) is 22.8. The number of carbonyl (C=O) groups excluding carboxylic acids is 1. The summed E-state index contributed by atoms with van der Waals surface area (Å²) in [6.45, 7) is 1.96. The van der Waals surface area contributed by atoms with Crippen molar-refractivity contribution >= 4 is 29.2 Å². The summed E-state index contributed by atoms with van der Waals surface area (Å²) < 4.78 is 0. The largest absolute Gasteiger partial charge is 0.478 e. The summed E-state index contributed by atoms with van der Waals surface area (Å²) in [7, 11) is 0. The fourth-order valence-corrected chi connectivity index (χ4v) is 2.18. The highest BCUT2D eigenvalue weighted by molar-refractivity contribution is 6.34. The normalized spacial score (nSPS) is 10.2. The molecule has 0 unspecified atom stereocenters. The van der Waals surface area contributed by atoms with Crippen molar-refractivity contribution in [3.8, 4) is 0 Å². The molecule has 0 bridgehead atoms. The van der Waals surface area contributed by atoms with Gasteiger partial charge in [0.2, 0.25) is 5.91 Å². The zero-order chi connectivity index (χ0) is 15.4. The molecule has 5 heteroatoms. The number of halogens is 1. The topological polar surface area (TPSA) is 66.4 Å². The average Bonchev–Trinajstić information content (AvgIpc) is 2.40. The second-order valence-corrected chi connectivity index (χ2v) is 5.12. The van der Waals surface area contributed by atoms with E-state index in [1.165, 1.54) is 18.2 Å². The van der Waals surface area contributed by atoms with E-state index in [0.717, 1.165) is 11.1 Å². The van der Waals surface area contributed by atoms with Crippen LogP contribution in [-0.2, 0) is 11.2 Å². The molecule has 1 amide bonds. The third kappa shape index (κ3) is 4.07. The van der Waals surface area contributed by atoms with Crippen LogP contribution in [0.1, 0.15) is 21.5 Å². The Morgan fingerprint density at radius 1 is 1.19 bits per heavy atom. The van der Waals surface area contributed by atoms with Crippen LogP contribution in [0.4, 0.5) is 5.69 Å². The van der Waals surface area contributed by atoms with Gasteiger partial charge in [-0.2, -0.15) is 0 Å². The van der Waals surface area contributed by atoms with Gasteiger partial charge in [0.05, 0.1) is 22.7 Å². The van der Waals surface area contributed by atoms with Crippen LogP contribution < -0.4 is 5.32 Å². The molecule has 0 aromatic heterocycles. The van der Waals surface area contributed by atoms with Crippen molar-refractivity contribution in [3.05, 3.63) is 64.2 Å². The van der Waals surface area contributed by atoms with E-state index in [0.29, 0.717) is 5.69 Å². The van der Waals surface area contributed by atoms with Gasteiger partial charge in [-0.05, 0) is 30.7 Å². The van der Waals surface area contributed by atoms with E-state index < -0.39 is 5.97 Å². The lowest BCUT2D eigenvalue weighted by Crippen LogP contribution is -2.15. The van der Waals surface area contributed by atoms with Crippen molar-refractivity contribution < 1.29 is 14.7 Å².